The first-order chi connectivity index (χ1) is 12.0. The Hall–Kier alpha value is -1.52. The maximum Gasteiger partial charge on any atom is 0.425 e. The first-order valence-electron chi connectivity index (χ1n) is 7.55. The van der Waals surface area contributed by atoms with E-state index in [4.69, 9.17) is 16.3 Å². The number of nitrogens with one attached hydrogen (secondary N) is 1. The minimum atomic E-state index is -4.56. The number of carbonyl (C=O) groups is 1. The van der Waals surface area contributed by atoms with Crippen molar-refractivity contribution in [3.05, 3.63) is 23.2 Å². The largest absolute Gasteiger partial charge is 0.481 e. The van der Waals surface area contributed by atoms with E-state index in [1.807, 2.05) is 0 Å². The van der Waals surface area contributed by atoms with Crippen LogP contribution in [0.1, 0.15) is 13.3 Å². The fraction of sp³-hybridized carbons (Fsp3) is 0.533. The third-order valence-corrected chi connectivity index (χ3v) is 6.63. The lowest BCUT2D eigenvalue weighted by Crippen LogP contribution is -2.31. The predicted molar refractivity (Wildman–Crippen MR) is 87.0 cm³/mol. The number of carbonyl (C=O) groups excluding carboxylic acids is 1. The van der Waals surface area contributed by atoms with Crippen LogP contribution in [0.15, 0.2) is 23.1 Å². The zero-order chi connectivity index (χ0) is 19.7. The number of hydrogen-bond acceptors (Lipinski definition) is 6. The molecule has 0 radical (unpaired) electrons. The summed E-state index contributed by atoms with van der Waals surface area (Å²) >= 11 is 5.96. The molecule has 1 heterocycles. The van der Waals surface area contributed by atoms with Crippen LogP contribution in [0, 0.1) is 0 Å². The second kappa shape index (κ2) is 7.61. The monoisotopic (exact) mass is 415 g/mol. The zero-order valence-corrected chi connectivity index (χ0v) is 15.4. The molecule has 1 saturated heterocycles. The molecule has 1 aromatic rings. The van der Waals surface area contributed by atoms with Crippen molar-refractivity contribution >= 4 is 27.4 Å². The Balaban J connectivity index is 2.19. The zero-order valence-electron chi connectivity index (χ0n) is 13.8. The molecule has 1 aliphatic rings. The summed E-state index contributed by atoms with van der Waals surface area (Å²) in [5.41, 5.74) is 0. The van der Waals surface area contributed by atoms with Gasteiger partial charge in [0.2, 0.25) is 0 Å². The van der Waals surface area contributed by atoms with E-state index in [2.05, 4.69) is 10.1 Å². The molecule has 146 valence electrons. The molecule has 1 N–H and O–H groups in total. The van der Waals surface area contributed by atoms with Crippen molar-refractivity contribution < 1.29 is 35.9 Å². The Bertz CT molecular complexity index is 784. The highest BCUT2D eigenvalue weighted by atomic mass is 35.5. The normalized spacial score (nSPS) is 22.1. The molecule has 26 heavy (non-hydrogen) atoms. The number of alkyl halides is 3. The van der Waals surface area contributed by atoms with E-state index in [1.54, 1.807) is 0 Å². The Kier molecular flexibility index (Phi) is 6.09. The molecule has 0 saturated carbocycles. The summed E-state index contributed by atoms with van der Waals surface area (Å²) in [5.74, 6) is -0.769. The molecule has 0 aliphatic carbocycles. The van der Waals surface area contributed by atoms with E-state index in [9.17, 15) is 26.4 Å². The van der Waals surface area contributed by atoms with Gasteiger partial charge >= 0.3 is 12.1 Å². The van der Waals surface area contributed by atoms with E-state index in [1.165, 1.54) is 7.11 Å². The Morgan fingerprint density at radius 3 is 2.58 bits per heavy atom. The molecular weight excluding hydrogens is 399 g/mol. The lowest BCUT2D eigenvalue weighted by atomic mass is 10.2. The molecule has 1 aliphatic heterocycles. The minimum absolute atomic E-state index is 0.00863. The van der Waals surface area contributed by atoms with E-state index in [0.717, 1.165) is 25.1 Å². The summed E-state index contributed by atoms with van der Waals surface area (Å²) in [6, 6.07) is 2.49. The summed E-state index contributed by atoms with van der Waals surface area (Å²) in [6.07, 6.45) is -6.62. The molecule has 6 nitrogen and oxygen atoms in total. The molecule has 0 bridgehead atoms. The van der Waals surface area contributed by atoms with Gasteiger partial charge in [0.05, 0.1) is 22.3 Å². The van der Waals surface area contributed by atoms with Gasteiger partial charge in [-0.15, -0.1) is 0 Å². The Labute approximate surface area is 153 Å². The van der Waals surface area contributed by atoms with Crippen molar-refractivity contribution in [1.82, 2.24) is 5.32 Å². The maximum absolute atomic E-state index is 12.7. The SMILES string of the molecule is COC(=O)[C@@H]1C[C@@H](S(=O)(=O)c2ccc(O[C@@H](C)C(F)(F)F)cc2Cl)CN1. The van der Waals surface area contributed by atoms with Crippen molar-refractivity contribution in [3.63, 3.8) is 0 Å². The first-order valence-corrected chi connectivity index (χ1v) is 9.47. The summed E-state index contributed by atoms with van der Waals surface area (Å²) in [7, 11) is -2.70. The number of benzene rings is 1. The Morgan fingerprint density at radius 2 is 2.04 bits per heavy atom. The number of hydrogen-bond donors (Lipinski definition) is 1. The van der Waals surface area contributed by atoms with Crippen LogP contribution >= 0.6 is 11.6 Å². The fourth-order valence-electron chi connectivity index (χ4n) is 2.50. The van der Waals surface area contributed by atoms with Gasteiger partial charge in [-0.25, -0.2) is 8.42 Å². The van der Waals surface area contributed by atoms with Crippen LogP contribution in [-0.4, -0.2) is 51.6 Å². The molecule has 3 atom stereocenters. The number of methoxy groups -OCH3 is 1. The van der Waals surface area contributed by atoms with Crippen LogP contribution in [0.2, 0.25) is 5.02 Å². The third kappa shape index (κ3) is 4.41. The number of halogens is 4. The molecule has 2 rings (SSSR count). The standard InChI is InChI=1S/C15H17ClF3NO5S/c1-8(15(17,18)19)25-9-3-4-13(11(16)5-9)26(22,23)10-6-12(20-7-10)14(21)24-2/h3-5,8,10,12,20H,6-7H2,1-2H3/t8-,10+,12-/m0/s1. The number of sulfone groups is 1. The number of rotatable bonds is 5. The first kappa shape index (κ1) is 20.8. The topological polar surface area (TPSA) is 81.7 Å². The van der Waals surface area contributed by atoms with Gasteiger partial charge in [0.15, 0.2) is 15.9 Å². The van der Waals surface area contributed by atoms with Crippen molar-refractivity contribution in [2.75, 3.05) is 13.7 Å². The average molecular weight is 416 g/mol. The molecule has 0 spiro atoms. The van der Waals surface area contributed by atoms with Crippen molar-refractivity contribution in [1.29, 1.82) is 0 Å². The van der Waals surface area contributed by atoms with E-state index < -0.39 is 39.4 Å². The maximum atomic E-state index is 12.7. The van der Waals surface area contributed by atoms with Gasteiger partial charge in [0.1, 0.15) is 11.8 Å². The molecule has 1 aromatic carbocycles. The van der Waals surface area contributed by atoms with Crippen LogP contribution in [0.3, 0.4) is 0 Å². The van der Waals surface area contributed by atoms with E-state index in [0.29, 0.717) is 0 Å². The second-order valence-corrected chi connectivity index (χ2v) is 8.38. The quantitative estimate of drug-likeness (QED) is 0.743. The highest BCUT2D eigenvalue weighted by molar-refractivity contribution is 7.92. The van der Waals surface area contributed by atoms with Gasteiger partial charge < -0.3 is 14.8 Å². The van der Waals surface area contributed by atoms with Crippen LogP contribution in [0.5, 0.6) is 5.75 Å². The summed E-state index contributed by atoms with van der Waals surface area (Å²) in [6.45, 7) is 0.859. The Morgan fingerprint density at radius 1 is 1.38 bits per heavy atom. The molecule has 0 unspecified atom stereocenters. The van der Waals surface area contributed by atoms with Crippen molar-refractivity contribution in [3.8, 4) is 5.75 Å². The minimum Gasteiger partial charge on any atom is -0.481 e. The highest BCUT2D eigenvalue weighted by Gasteiger charge is 2.40. The average Bonchev–Trinajstić information content (AvgIpc) is 3.03. The van der Waals surface area contributed by atoms with E-state index >= 15 is 0 Å². The van der Waals surface area contributed by atoms with Crippen LogP contribution in [0.25, 0.3) is 0 Å². The predicted octanol–water partition coefficient (Wildman–Crippen LogP) is 2.35. The van der Waals surface area contributed by atoms with Gasteiger partial charge in [-0.1, -0.05) is 11.6 Å². The molecule has 0 aromatic heterocycles. The van der Waals surface area contributed by atoms with Crippen molar-refractivity contribution in [2.45, 2.75) is 41.8 Å². The molecular formula is C15H17ClF3NO5S. The summed E-state index contributed by atoms with van der Waals surface area (Å²) in [5, 5.41) is 1.60. The van der Waals surface area contributed by atoms with Crippen LogP contribution in [0.4, 0.5) is 13.2 Å². The second-order valence-electron chi connectivity index (χ2n) is 5.78. The lowest BCUT2D eigenvalue weighted by molar-refractivity contribution is -0.189. The highest BCUT2D eigenvalue weighted by Crippen LogP contribution is 2.33. The lowest BCUT2D eigenvalue weighted by Gasteiger charge is -2.18. The fourth-order valence-corrected chi connectivity index (χ4v) is 4.70. The molecule has 11 heteroatoms. The number of esters is 1. The summed E-state index contributed by atoms with van der Waals surface area (Å²) < 4.78 is 72.3. The van der Waals surface area contributed by atoms with Gasteiger partial charge in [-0.05, 0) is 25.5 Å². The van der Waals surface area contributed by atoms with Gasteiger partial charge in [0, 0.05) is 12.6 Å². The van der Waals surface area contributed by atoms with Gasteiger partial charge in [-0.2, -0.15) is 13.2 Å². The van der Waals surface area contributed by atoms with Crippen LogP contribution < -0.4 is 10.1 Å². The van der Waals surface area contributed by atoms with Crippen LogP contribution in [-0.2, 0) is 19.4 Å². The summed E-state index contributed by atoms with van der Waals surface area (Å²) in [4.78, 5) is 11.3. The van der Waals surface area contributed by atoms with Crippen molar-refractivity contribution in [2.24, 2.45) is 0 Å². The molecule has 1 fully saturated rings. The van der Waals surface area contributed by atoms with E-state index in [-0.39, 0.29) is 28.6 Å². The van der Waals surface area contributed by atoms with Gasteiger partial charge in [0.25, 0.3) is 0 Å². The molecule has 0 amide bonds. The number of ether oxygens (including phenoxy) is 2. The van der Waals surface area contributed by atoms with Gasteiger partial charge in [-0.3, -0.25) is 4.79 Å². The smallest absolute Gasteiger partial charge is 0.425 e. The third-order valence-electron chi connectivity index (χ3n) is 4.00.